The van der Waals surface area contributed by atoms with Gasteiger partial charge in [-0.1, -0.05) is 0 Å². The van der Waals surface area contributed by atoms with E-state index in [4.69, 9.17) is 5.10 Å². The molecule has 2 aromatic rings. The zero-order valence-corrected chi connectivity index (χ0v) is 14.1. The molecule has 0 saturated carbocycles. The highest BCUT2D eigenvalue weighted by atomic mass is 16.1. The lowest BCUT2D eigenvalue weighted by atomic mass is 9.93. The van der Waals surface area contributed by atoms with Crippen molar-refractivity contribution in [2.75, 3.05) is 19.6 Å². The molecule has 0 bridgehead atoms. The molecule has 7 heteroatoms. The molecule has 2 aromatic heterocycles. The predicted molar refractivity (Wildman–Crippen MR) is 89.5 cm³/mol. The van der Waals surface area contributed by atoms with Crippen LogP contribution >= 0.6 is 0 Å². The first-order valence-corrected chi connectivity index (χ1v) is 8.71. The van der Waals surface area contributed by atoms with E-state index in [0.717, 1.165) is 57.8 Å². The number of hydrogen-bond acceptors (Lipinski definition) is 5. The molecule has 0 radical (unpaired) electrons. The van der Waals surface area contributed by atoms with E-state index < -0.39 is 0 Å². The van der Waals surface area contributed by atoms with Gasteiger partial charge in [-0.05, 0) is 25.5 Å². The summed E-state index contributed by atoms with van der Waals surface area (Å²) in [6, 6.07) is 2.19. The molecule has 0 aromatic carbocycles. The second kappa shape index (κ2) is 6.49. The lowest BCUT2D eigenvalue weighted by molar-refractivity contribution is 0.0796. The number of rotatable bonds is 4. The number of imidazole rings is 1. The van der Waals surface area contributed by atoms with Crippen LogP contribution in [0, 0.1) is 5.92 Å². The Morgan fingerprint density at radius 3 is 3.12 bits per heavy atom. The summed E-state index contributed by atoms with van der Waals surface area (Å²) in [6.07, 6.45) is 5.52. The summed E-state index contributed by atoms with van der Waals surface area (Å²) in [6.45, 7) is 5.47. The van der Waals surface area contributed by atoms with Crippen molar-refractivity contribution in [1.82, 2.24) is 29.5 Å². The lowest BCUT2D eigenvalue weighted by Crippen LogP contribution is -2.39. The van der Waals surface area contributed by atoms with E-state index in [1.807, 2.05) is 17.8 Å². The number of ketones is 1. The highest BCUT2D eigenvalue weighted by Gasteiger charge is 2.29. The summed E-state index contributed by atoms with van der Waals surface area (Å²) >= 11 is 0. The Labute approximate surface area is 141 Å². The van der Waals surface area contributed by atoms with E-state index in [1.54, 1.807) is 6.20 Å². The molecule has 0 spiro atoms. The molecule has 1 fully saturated rings. The maximum atomic E-state index is 12.7. The highest BCUT2D eigenvalue weighted by Crippen LogP contribution is 2.22. The summed E-state index contributed by atoms with van der Waals surface area (Å²) in [7, 11) is 1.88. The normalized spacial score (nSPS) is 21.6. The van der Waals surface area contributed by atoms with Gasteiger partial charge in [-0.25, -0.2) is 4.98 Å². The number of nitrogens with zero attached hydrogens (tertiary/aromatic N) is 5. The van der Waals surface area contributed by atoms with Crippen molar-refractivity contribution in [1.29, 1.82) is 0 Å². The smallest absolute Gasteiger partial charge is 0.202 e. The fourth-order valence-electron chi connectivity index (χ4n) is 3.76. The van der Waals surface area contributed by atoms with Crippen LogP contribution in [0.2, 0.25) is 0 Å². The molecule has 1 N–H and O–H groups in total. The van der Waals surface area contributed by atoms with Crippen LogP contribution in [0.4, 0.5) is 0 Å². The predicted octanol–water partition coefficient (Wildman–Crippen LogP) is 0.815. The van der Waals surface area contributed by atoms with E-state index in [0.29, 0.717) is 5.82 Å². The first-order valence-electron chi connectivity index (χ1n) is 8.71. The Bertz CT molecular complexity index is 710. The number of piperidine rings is 1. The molecule has 128 valence electrons. The number of aryl methyl sites for hydroxylation is 1. The lowest BCUT2D eigenvalue weighted by Gasteiger charge is -2.31. The third-order valence-electron chi connectivity index (χ3n) is 5.02. The maximum Gasteiger partial charge on any atom is 0.202 e. The number of carbonyl (C=O) groups excluding carboxylic acids is 1. The van der Waals surface area contributed by atoms with Gasteiger partial charge < -0.3 is 9.88 Å². The third-order valence-corrected chi connectivity index (χ3v) is 5.02. The van der Waals surface area contributed by atoms with Crippen LogP contribution in [-0.4, -0.2) is 49.6 Å². The summed E-state index contributed by atoms with van der Waals surface area (Å²) in [5.41, 5.74) is 2.37. The average Bonchev–Trinajstić information content (AvgIpc) is 3.19. The van der Waals surface area contributed by atoms with Crippen molar-refractivity contribution in [2.24, 2.45) is 13.0 Å². The van der Waals surface area contributed by atoms with E-state index in [-0.39, 0.29) is 11.7 Å². The second-order valence-electron chi connectivity index (χ2n) is 6.83. The van der Waals surface area contributed by atoms with E-state index in [2.05, 4.69) is 25.9 Å². The Hall–Kier alpha value is -1.99. The summed E-state index contributed by atoms with van der Waals surface area (Å²) in [4.78, 5) is 19.3. The largest absolute Gasteiger partial charge is 0.332 e. The minimum atomic E-state index is 0.0405. The van der Waals surface area contributed by atoms with Gasteiger partial charge in [0.2, 0.25) is 5.78 Å². The average molecular weight is 328 g/mol. The van der Waals surface area contributed by atoms with Gasteiger partial charge >= 0.3 is 0 Å². The molecule has 0 aliphatic carbocycles. The second-order valence-corrected chi connectivity index (χ2v) is 6.83. The molecule has 4 rings (SSSR count). The SMILES string of the molecule is Cn1ccnc1C(=O)[C@H]1CCCN(Cc2cc3n(n2)CCNC3)C1. The van der Waals surface area contributed by atoms with Crippen LogP contribution in [0.1, 0.15) is 34.8 Å². The molecule has 1 saturated heterocycles. The summed E-state index contributed by atoms with van der Waals surface area (Å²) in [5, 5.41) is 8.08. The summed E-state index contributed by atoms with van der Waals surface area (Å²) < 4.78 is 3.92. The molecule has 24 heavy (non-hydrogen) atoms. The van der Waals surface area contributed by atoms with E-state index >= 15 is 0 Å². The van der Waals surface area contributed by atoms with Gasteiger partial charge in [-0.2, -0.15) is 5.10 Å². The Morgan fingerprint density at radius 2 is 2.33 bits per heavy atom. The number of fused-ring (bicyclic) bond motifs is 1. The summed E-state index contributed by atoms with van der Waals surface area (Å²) in [5.74, 6) is 0.782. The fourth-order valence-corrected chi connectivity index (χ4v) is 3.76. The van der Waals surface area contributed by atoms with Crippen molar-refractivity contribution in [2.45, 2.75) is 32.5 Å². The number of hydrogen-bond donors (Lipinski definition) is 1. The number of aromatic nitrogens is 4. The molecular weight excluding hydrogens is 304 g/mol. The molecule has 2 aliphatic heterocycles. The van der Waals surface area contributed by atoms with Crippen molar-refractivity contribution in [3.05, 3.63) is 35.7 Å². The van der Waals surface area contributed by atoms with Crippen LogP contribution < -0.4 is 5.32 Å². The van der Waals surface area contributed by atoms with E-state index in [1.165, 1.54) is 5.69 Å². The molecular formula is C17H24N6O. The van der Waals surface area contributed by atoms with Crippen LogP contribution in [0.5, 0.6) is 0 Å². The van der Waals surface area contributed by atoms with Gasteiger partial charge in [0.25, 0.3) is 0 Å². The number of carbonyl (C=O) groups is 1. The van der Waals surface area contributed by atoms with E-state index in [9.17, 15) is 4.79 Å². The monoisotopic (exact) mass is 328 g/mol. The number of Topliss-reactive ketones (excluding diaryl/α,β-unsaturated/α-hetero) is 1. The van der Waals surface area contributed by atoms with Crippen LogP contribution in [0.15, 0.2) is 18.5 Å². The highest BCUT2D eigenvalue weighted by molar-refractivity contribution is 5.94. The third kappa shape index (κ3) is 3.01. The number of likely N-dealkylation sites (tertiary alicyclic amines) is 1. The molecule has 1 atom stereocenters. The Morgan fingerprint density at radius 1 is 1.42 bits per heavy atom. The quantitative estimate of drug-likeness (QED) is 0.842. The minimum Gasteiger partial charge on any atom is -0.332 e. The fraction of sp³-hybridized carbons (Fsp3) is 0.588. The first kappa shape index (κ1) is 15.5. The van der Waals surface area contributed by atoms with Crippen LogP contribution in [0.25, 0.3) is 0 Å². The Balaban J connectivity index is 1.42. The van der Waals surface area contributed by atoms with Gasteiger partial charge in [0, 0.05) is 51.5 Å². The van der Waals surface area contributed by atoms with Gasteiger partial charge in [0.1, 0.15) is 0 Å². The molecule has 4 heterocycles. The maximum absolute atomic E-state index is 12.7. The molecule has 0 unspecified atom stereocenters. The topological polar surface area (TPSA) is 68.0 Å². The van der Waals surface area contributed by atoms with Crippen molar-refractivity contribution >= 4 is 5.78 Å². The zero-order valence-electron chi connectivity index (χ0n) is 14.1. The van der Waals surface area contributed by atoms with Gasteiger partial charge in [-0.3, -0.25) is 14.4 Å². The molecule has 2 aliphatic rings. The molecule has 7 nitrogen and oxygen atoms in total. The van der Waals surface area contributed by atoms with Crippen LogP contribution in [0.3, 0.4) is 0 Å². The number of nitrogens with one attached hydrogen (secondary N) is 1. The Kier molecular flexibility index (Phi) is 4.20. The molecule has 0 amide bonds. The van der Waals surface area contributed by atoms with Gasteiger partial charge in [0.15, 0.2) is 5.82 Å². The van der Waals surface area contributed by atoms with Crippen molar-refractivity contribution in [3.8, 4) is 0 Å². The van der Waals surface area contributed by atoms with Gasteiger partial charge in [-0.15, -0.1) is 0 Å². The zero-order chi connectivity index (χ0) is 16.5. The van der Waals surface area contributed by atoms with Crippen LogP contribution in [-0.2, 0) is 26.7 Å². The van der Waals surface area contributed by atoms with Crippen molar-refractivity contribution < 1.29 is 4.79 Å². The minimum absolute atomic E-state index is 0.0405. The standard InChI is InChI=1S/C17H24N6O/c1-21-7-5-19-17(21)16(24)13-3-2-6-22(11-13)12-14-9-15-10-18-4-8-23(15)20-14/h5,7,9,13,18H,2-4,6,8,10-12H2,1H3/t13-/m0/s1. The van der Waals surface area contributed by atoms with Gasteiger partial charge in [0.05, 0.1) is 17.9 Å². The van der Waals surface area contributed by atoms with Crippen molar-refractivity contribution in [3.63, 3.8) is 0 Å². The first-order chi connectivity index (χ1) is 11.7.